The summed E-state index contributed by atoms with van der Waals surface area (Å²) in [5.74, 6) is 6.22. The molecule has 4 nitrogen and oxygen atoms in total. The first-order valence-corrected chi connectivity index (χ1v) is 6.20. The summed E-state index contributed by atoms with van der Waals surface area (Å²) in [6.07, 6.45) is 4.97. The maximum atomic E-state index is 5.61. The van der Waals surface area contributed by atoms with Crippen molar-refractivity contribution >= 4 is 11.3 Å². The summed E-state index contributed by atoms with van der Waals surface area (Å²) in [6, 6.07) is 0.333. The maximum absolute atomic E-state index is 5.61. The highest BCUT2D eigenvalue weighted by molar-refractivity contribution is 7.09. The molecule has 0 aliphatic carbocycles. The second-order valence-corrected chi connectivity index (χ2v) is 4.83. The molecule has 84 valence electrons. The molecule has 3 N–H and O–H groups in total. The number of nitrogens with zero attached hydrogens (tertiary/aromatic N) is 1. The van der Waals surface area contributed by atoms with Gasteiger partial charge in [-0.25, -0.2) is 4.98 Å². The molecule has 2 rings (SSSR count). The fraction of sp³-hybridized carbons (Fsp3) is 0.700. The van der Waals surface area contributed by atoms with Crippen LogP contribution in [-0.2, 0) is 11.2 Å². The first-order chi connectivity index (χ1) is 7.40. The second kappa shape index (κ2) is 5.55. The fourth-order valence-corrected chi connectivity index (χ4v) is 2.70. The lowest BCUT2D eigenvalue weighted by Crippen LogP contribution is -2.44. The minimum atomic E-state index is 0.333. The van der Waals surface area contributed by atoms with Gasteiger partial charge in [0.05, 0.1) is 5.01 Å². The Labute approximate surface area is 93.8 Å². The van der Waals surface area contributed by atoms with Crippen LogP contribution < -0.4 is 11.3 Å². The van der Waals surface area contributed by atoms with Crippen molar-refractivity contribution in [2.24, 2.45) is 11.8 Å². The Kier molecular flexibility index (Phi) is 4.08. The molecule has 0 aromatic carbocycles. The molecular weight excluding hydrogens is 210 g/mol. The molecule has 0 spiro atoms. The zero-order valence-corrected chi connectivity index (χ0v) is 9.50. The molecule has 0 radical (unpaired) electrons. The number of thiazole rings is 1. The predicted octanol–water partition coefficient (Wildman–Crippen LogP) is 0.944. The van der Waals surface area contributed by atoms with Crippen molar-refractivity contribution in [2.45, 2.75) is 25.3 Å². The summed E-state index contributed by atoms with van der Waals surface area (Å²) in [4.78, 5) is 4.29. The largest absolute Gasteiger partial charge is 0.381 e. The predicted molar refractivity (Wildman–Crippen MR) is 60.5 cm³/mol. The van der Waals surface area contributed by atoms with E-state index in [2.05, 4.69) is 10.4 Å². The van der Waals surface area contributed by atoms with Crippen molar-refractivity contribution in [3.8, 4) is 0 Å². The molecule has 1 atom stereocenters. The first kappa shape index (κ1) is 11.0. The van der Waals surface area contributed by atoms with Crippen LogP contribution in [0.25, 0.3) is 0 Å². The second-order valence-electron chi connectivity index (χ2n) is 3.85. The molecule has 0 saturated carbocycles. The van der Waals surface area contributed by atoms with Gasteiger partial charge in [0, 0.05) is 37.3 Å². The Balaban J connectivity index is 1.91. The van der Waals surface area contributed by atoms with Gasteiger partial charge in [0.2, 0.25) is 0 Å². The van der Waals surface area contributed by atoms with Crippen LogP contribution in [0.4, 0.5) is 0 Å². The topological polar surface area (TPSA) is 60.2 Å². The van der Waals surface area contributed by atoms with Crippen molar-refractivity contribution < 1.29 is 4.74 Å². The highest BCUT2D eigenvalue weighted by Crippen LogP contribution is 2.21. The van der Waals surface area contributed by atoms with E-state index in [-0.39, 0.29) is 0 Å². The van der Waals surface area contributed by atoms with Gasteiger partial charge in [-0.2, -0.15) is 0 Å². The van der Waals surface area contributed by atoms with Gasteiger partial charge in [-0.15, -0.1) is 11.3 Å². The van der Waals surface area contributed by atoms with Gasteiger partial charge in [-0.3, -0.25) is 11.3 Å². The Morgan fingerprint density at radius 2 is 2.40 bits per heavy atom. The summed E-state index contributed by atoms with van der Waals surface area (Å²) >= 11 is 1.69. The molecule has 1 unspecified atom stereocenters. The molecule has 1 aromatic heterocycles. The van der Waals surface area contributed by atoms with Crippen molar-refractivity contribution in [2.75, 3.05) is 13.2 Å². The van der Waals surface area contributed by atoms with Crippen LogP contribution in [0.3, 0.4) is 0 Å². The van der Waals surface area contributed by atoms with Crippen LogP contribution in [0, 0.1) is 5.92 Å². The Bertz CT molecular complexity index is 272. The number of hydrazine groups is 1. The van der Waals surface area contributed by atoms with E-state index in [1.54, 1.807) is 11.3 Å². The zero-order chi connectivity index (χ0) is 10.5. The molecule has 1 aliphatic heterocycles. The van der Waals surface area contributed by atoms with Crippen LogP contribution in [0.1, 0.15) is 17.8 Å². The van der Waals surface area contributed by atoms with E-state index in [4.69, 9.17) is 10.6 Å². The van der Waals surface area contributed by atoms with E-state index in [0.29, 0.717) is 12.0 Å². The molecule has 1 saturated heterocycles. The highest BCUT2D eigenvalue weighted by Gasteiger charge is 2.23. The Hall–Kier alpha value is -0.490. The Morgan fingerprint density at radius 3 is 3.00 bits per heavy atom. The van der Waals surface area contributed by atoms with E-state index < -0.39 is 0 Å². The first-order valence-electron chi connectivity index (χ1n) is 5.32. The summed E-state index contributed by atoms with van der Waals surface area (Å²) in [7, 11) is 0. The van der Waals surface area contributed by atoms with Crippen molar-refractivity contribution in [1.82, 2.24) is 10.4 Å². The number of aromatic nitrogens is 1. The van der Waals surface area contributed by atoms with Crippen LogP contribution in [-0.4, -0.2) is 24.2 Å². The molecule has 0 amide bonds. The molecule has 2 heterocycles. The molecule has 1 aliphatic rings. The normalized spacial score (nSPS) is 20.3. The minimum absolute atomic E-state index is 0.333. The molecule has 1 aromatic rings. The monoisotopic (exact) mass is 227 g/mol. The molecule has 1 fully saturated rings. The van der Waals surface area contributed by atoms with Gasteiger partial charge in [0.15, 0.2) is 0 Å². The van der Waals surface area contributed by atoms with Gasteiger partial charge >= 0.3 is 0 Å². The minimum Gasteiger partial charge on any atom is -0.381 e. The van der Waals surface area contributed by atoms with E-state index >= 15 is 0 Å². The van der Waals surface area contributed by atoms with Crippen molar-refractivity contribution in [3.63, 3.8) is 0 Å². The third kappa shape index (κ3) is 2.98. The number of rotatable bonds is 4. The van der Waals surface area contributed by atoms with E-state index in [1.165, 1.54) is 0 Å². The fourth-order valence-electron chi connectivity index (χ4n) is 2.02. The number of hydrogen-bond acceptors (Lipinski definition) is 5. The van der Waals surface area contributed by atoms with Gasteiger partial charge in [0.1, 0.15) is 0 Å². The van der Waals surface area contributed by atoms with Gasteiger partial charge in [-0.1, -0.05) is 0 Å². The van der Waals surface area contributed by atoms with Crippen molar-refractivity contribution in [3.05, 3.63) is 16.6 Å². The lowest BCUT2D eigenvalue weighted by molar-refractivity contribution is 0.0538. The average molecular weight is 227 g/mol. The van der Waals surface area contributed by atoms with Gasteiger partial charge in [-0.05, 0) is 18.8 Å². The SMILES string of the molecule is NNC(Cc1nccs1)C1CCOCC1. The molecule has 0 bridgehead atoms. The molecule has 15 heavy (non-hydrogen) atoms. The highest BCUT2D eigenvalue weighted by atomic mass is 32.1. The van der Waals surface area contributed by atoms with Crippen LogP contribution in [0.2, 0.25) is 0 Å². The zero-order valence-electron chi connectivity index (χ0n) is 8.69. The van der Waals surface area contributed by atoms with E-state index in [9.17, 15) is 0 Å². The number of ether oxygens (including phenoxy) is 1. The van der Waals surface area contributed by atoms with E-state index in [0.717, 1.165) is 37.5 Å². The van der Waals surface area contributed by atoms with Crippen molar-refractivity contribution in [1.29, 1.82) is 0 Å². The molecular formula is C10H17N3OS. The number of nitrogens with two attached hydrogens (primary N) is 1. The van der Waals surface area contributed by atoms with Crippen LogP contribution >= 0.6 is 11.3 Å². The summed E-state index contributed by atoms with van der Waals surface area (Å²) < 4.78 is 5.35. The summed E-state index contributed by atoms with van der Waals surface area (Å²) in [6.45, 7) is 1.72. The van der Waals surface area contributed by atoms with Gasteiger partial charge in [0.25, 0.3) is 0 Å². The Morgan fingerprint density at radius 1 is 1.60 bits per heavy atom. The quantitative estimate of drug-likeness (QED) is 0.594. The van der Waals surface area contributed by atoms with Crippen LogP contribution in [0.5, 0.6) is 0 Å². The lowest BCUT2D eigenvalue weighted by atomic mass is 9.90. The summed E-state index contributed by atoms with van der Waals surface area (Å²) in [5.41, 5.74) is 2.92. The number of nitrogens with one attached hydrogen (secondary N) is 1. The summed E-state index contributed by atoms with van der Waals surface area (Å²) in [5, 5.41) is 3.16. The third-order valence-corrected chi connectivity index (χ3v) is 3.73. The maximum Gasteiger partial charge on any atom is 0.0940 e. The van der Waals surface area contributed by atoms with Crippen LogP contribution in [0.15, 0.2) is 11.6 Å². The third-order valence-electron chi connectivity index (χ3n) is 2.93. The van der Waals surface area contributed by atoms with E-state index in [1.807, 2.05) is 11.6 Å². The molecule has 5 heteroatoms. The lowest BCUT2D eigenvalue weighted by Gasteiger charge is -2.29. The average Bonchev–Trinajstić information content (AvgIpc) is 2.80. The smallest absolute Gasteiger partial charge is 0.0940 e. The standard InChI is InChI=1S/C10H17N3OS/c11-13-9(7-10-12-3-6-15-10)8-1-4-14-5-2-8/h3,6,8-9,13H,1-2,4-5,7,11H2. The number of hydrogen-bond donors (Lipinski definition) is 2. The van der Waals surface area contributed by atoms with Gasteiger partial charge < -0.3 is 4.74 Å².